The first-order valence-corrected chi connectivity index (χ1v) is 7.02. The van der Waals surface area contributed by atoms with Crippen LogP contribution < -0.4 is 0 Å². The van der Waals surface area contributed by atoms with Crippen LogP contribution in [0.4, 0.5) is 4.39 Å². The van der Waals surface area contributed by atoms with E-state index < -0.39 is 0 Å². The summed E-state index contributed by atoms with van der Waals surface area (Å²) in [4.78, 5) is 21.4. The molecule has 0 aliphatic rings. The third-order valence-electron chi connectivity index (χ3n) is 3.49. The number of aromatic nitrogens is 2. The highest BCUT2D eigenvalue weighted by molar-refractivity contribution is 5.98. The molecule has 0 fully saturated rings. The average Bonchev–Trinajstić information content (AvgIpc) is 3.12. The first-order chi connectivity index (χ1) is 10.5. The van der Waals surface area contributed by atoms with Crippen LogP contribution in [0.2, 0.25) is 0 Å². The van der Waals surface area contributed by atoms with Crippen LogP contribution in [-0.2, 0) is 6.54 Å². The van der Waals surface area contributed by atoms with Gasteiger partial charge in [0, 0.05) is 16.9 Å². The van der Waals surface area contributed by atoms with Crippen molar-refractivity contribution in [2.45, 2.75) is 26.4 Å². The number of amides is 1. The Labute approximate surface area is 126 Å². The van der Waals surface area contributed by atoms with Gasteiger partial charge in [-0.3, -0.25) is 4.79 Å². The normalized spacial score (nSPS) is 11.3. The number of oxazole rings is 1. The van der Waals surface area contributed by atoms with E-state index in [9.17, 15) is 9.18 Å². The molecule has 3 rings (SSSR count). The number of hydrogen-bond acceptors (Lipinski definition) is 3. The van der Waals surface area contributed by atoms with Crippen LogP contribution in [0.25, 0.3) is 10.9 Å². The van der Waals surface area contributed by atoms with Crippen molar-refractivity contribution >= 4 is 16.8 Å². The number of halogens is 1. The minimum Gasteiger partial charge on any atom is -0.447 e. The molecule has 0 unspecified atom stereocenters. The molecule has 3 aromatic rings. The van der Waals surface area contributed by atoms with E-state index in [1.54, 1.807) is 23.2 Å². The summed E-state index contributed by atoms with van der Waals surface area (Å²) in [6.45, 7) is 4.12. The third-order valence-corrected chi connectivity index (χ3v) is 3.49. The zero-order valence-corrected chi connectivity index (χ0v) is 12.3. The van der Waals surface area contributed by atoms with Crippen molar-refractivity contribution in [3.05, 3.63) is 54.1 Å². The molecule has 1 N–H and O–H groups in total. The van der Waals surface area contributed by atoms with Crippen LogP contribution in [0.3, 0.4) is 0 Å². The maximum Gasteiger partial charge on any atom is 0.270 e. The number of rotatable bonds is 4. The van der Waals surface area contributed by atoms with Crippen molar-refractivity contribution in [2.24, 2.45) is 0 Å². The van der Waals surface area contributed by atoms with Crippen molar-refractivity contribution in [3.63, 3.8) is 0 Å². The Bertz CT molecular complexity index is 793. The highest BCUT2D eigenvalue weighted by Crippen LogP contribution is 2.19. The lowest BCUT2D eigenvalue weighted by Crippen LogP contribution is -2.36. The Morgan fingerprint density at radius 1 is 1.41 bits per heavy atom. The SMILES string of the molecule is CC(C)N(Cc1ncco1)C(=O)c1cc2ccc(F)cc2[nH]1. The molecule has 114 valence electrons. The van der Waals surface area contributed by atoms with Crippen LogP contribution in [0.5, 0.6) is 0 Å². The minimum absolute atomic E-state index is 0.0254. The van der Waals surface area contributed by atoms with Crippen LogP contribution in [0.1, 0.15) is 30.2 Å². The Kier molecular flexibility index (Phi) is 3.66. The topological polar surface area (TPSA) is 62.1 Å². The van der Waals surface area contributed by atoms with Crippen LogP contribution in [-0.4, -0.2) is 26.8 Å². The fraction of sp³-hybridized carbons (Fsp3) is 0.250. The van der Waals surface area contributed by atoms with Crippen molar-refractivity contribution in [1.29, 1.82) is 0 Å². The smallest absolute Gasteiger partial charge is 0.270 e. The van der Waals surface area contributed by atoms with E-state index in [1.807, 2.05) is 13.8 Å². The summed E-state index contributed by atoms with van der Waals surface area (Å²) in [6, 6.07) is 6.09. The maximum atomic E-state index is 13.2. The largest absolute Gasteiger partial charge is 0.447 e. The lowest BCUT2D eigenvalue weighted by atomic mass is 10.2. The molecular weight excluding hydrogens is 285 g/mol. The average molecular weight is 301 g/mol. The van der Waals surface area contributed by atoms with Gasteiger partial charge in [-0.15, -0.1) is 0 Å². The molecule has 0 saturated heterocycles. The van der Waals surface area contributed by atoms with Gasteiger partial charge < -0.3 is 14.3 Å². The fourth-order valence-electron chi connectivity index (χ4n) is 2.33. The zero-order valence-electron chi connectivity index (χ0n) is 12.3. The van der Waals surface area contributed by atoms with Crippen LogP contribution in [0, 0.1) is 5.82 Å². The number of H-pyrrole nitrogens is 1. The van der Waals surface area contributed by atoms with E-state index in [4.69, 9.17) is 4.42 Å². The van der Waals surface area contributed by atoms with Gasteiger partial charge in [0.15, 0.2) is 0 Å². The molecule has 0 atom stereocenters. The van der Waals surface area contributed by atoms with Crippen LogP contribution in [0.15, 0.2) is 41.1 Å². The predicted molar refractivity (Wildman–Crippen MR) is 79.8 cm³/mol. The summed E-state index contributed by atoms with van der Waals surface area (Å²) in [6.07, 6.45) is 3.02. The van der Waals surface area contributed by atoms with Gasteiger partial charge in [0.1, 0.15) is 17.8 Å². The number of carbonyl (C=O) groups is 1. The number of hydrogen-bond donors (Lipinski definition) is 1. The highest BCUT2D eigenvalue weighted by atomic mass is 19.1. The second-order valence-corrected chi connectivity index (χ2v) is 5.37. The van der Waals surface area contributed by atoms with Crippen LogP contribution >= 0.6 is 0 Å². The van der Waals surface area contributed by atoms with Gasteiger partial charge in [-0.2, -0.15) is 0 Å². The molecule has 0 bridgehead atoms. The zero-order chi connectivity index (χ0) is 15.7. The molecule has 0 aliphatic carbocycles. The van der Waals surface area contributed by atoms with E-state index in [2.05, 4.69) is 9.97 Å². The molecule has 22 heavy (non-hydrogen) atoms. The lowest BCUT2D eigenvalue weighted by molar-refractivity contribution is 0.0667. The number of aromatic amines is 1. The number of nitrogens with one attached hydrogen (secondary N) is 1. The van der Waals surface area contributed by atoms with E-state index in [0.717, 1.165) is 5.39 Å². The second kappa shape index (κ2) is 5.63. The van der Waals surface area contributed by atoms with Crippen molar-refractivity contribution < 1.29 is 13.6 Å². The summed E-state index contributed by atoms with van der Waals surface area (Å²) in [5.41, 5.74) is 1.02. The molecule has 5 nitrogen and oxygen atoms in total. The molecule has 0 aliphatic heterocycles. The summed E-state index contributed by atoms with van der Waals surface area (Å²) in [7, 11) is 0. The fourth-order valence-corrected chi connectivity index (χ4v) is 2.33. The van der Waals surface area contributed by atoms with Gasteiger partial charge in [-0.25, -0.2) is 9.37 Å². The first kappa shape index (κ1) is 14.3. The molecule has 6 heteroatoms. The molecule has 1 aromatic carbocycles. The molecule has 2 heterocycles. The van der Waals surface area contributed by atoms with Crippen molar-refractivity contribution in [2.75, 3.05) is 0 Å². The Morgan fingerprint density at radius 2 is 2.23 bits per heavy atom. The molecular formula is C16H16FN3O2. The predicted octanol–water partition coefficient (Wildman–Crippen LogP) is 3.35. The minimum atomic E-state index is -0.339. The third kappa shape index (κ3) is 2.72. The molecule has 0 radical (unpaired) electrons. The van der Waals surface area contributed by atoms with Crippen molar-refractivity contribution in [3.8, 4) is 0 Å². The van der Waals surface area contributed by atoms with Gasteiger partial charge in [-0.1, -0.05) is 0 Å². The van der Waals surface area contributed by atoms with Gasteiger partial charge in [0.05, 0.1) is 12.7 Å². The van der Waals surface area contributed by atoms with E-state index in [0.29, 0.717) is 17.1 Å². The van der Waals surface area contributed by atoms with E-state index in [-0.39, 0.29) is 24.3 Å². The lowest BCUT2D eigenvalue weighted by Gasteiger charge is -2.24. The Balaban J connectivity index is 1.91. The summed E-state index contributed by atoms with van der Waals surface area (Å²) in [5.74, 6) is -0.0390. The summed E-state index contributed by atoms with van der Waals surface area (Å²) >= 11 is 0. The molecule has 2 aromatic heterocycles. The van der Waals surface area contributed by atoms with Gasteiger partial charge in [0.2, 0.25) is 5.89 Å². The first-order valence-electron chi connectivity index (χ1n) is 7.02. The Hall–Kier alpha value is -2.63. The Morgan fingerprint density at radius 3 is 2.91 bits per heavy atom. The van der Waals surface area contributed by atoms with Gasteiger partial charge >= 0.3 is 0 Å². The monoisotopic (exact) mass is 301 g/mol. The number of nitrogens with zero attached hydrogens (tertiary/aromatic N) is 2. The number of carbonyl (C=O) groups excluding carboxylic acids is 1. The van der Waals surface area contributed by atoms with Gasteiger partial charge in [0.25, 0.3) is 5.91 Å². The van der Waals surface area contributed by atoms with Gasteiger partial charge in [-0.05, 0) is 38.1 Å². The highest BCUT2D eigenvalue weighted by Gasteiger charge is 2.22. The summed E-state index contributed by atoms with van der Waals surface area (Å²) < 4.78 is 18.5. The number of fused-ring (bicyclic) bond motifs is 1. The van der Waals surface area contributed by atoms with E-state index in [1.165, 1.54) is 18.4 Å². The second-order valence-electron chi connectivity index (χ2n) is 5.37. The molecule has 0 saturated carbocycles. The molecule has 0 spiro atoms. The quantitative estimate of drug-likeness (QED) is 0.804. The van der Waals surface area contributed by atoms with Crippen molar-refractivity contribution in [1.82, 2.24) is 14.9 Å². The standard InChI is InChI=1S/C16H16FN3O2/c1-10(2)20(9-15-18-5-6-22-15)16(21)14-7-11-3-4-12(17)8-13(11)19-14/h3-8,10,19H,9H2,1-2H3. The maximum absolute atomic E-state index is 13.2. The van der Waals surface area contributed by atoms with E-state index >= 15 is 0 Å². The molecule has 1 amide bonds. The summed E-state index contributed by atoms with van der Waals surface area (Å²) in [5, 5.41) is 0.796. The number of benzene rings is 1.